The second-order valence-electron chi connectivity index (χ2n) is 7.55. The zero-order valence-electron chi connectivity index (χ0n) is 13.0. The van der Waals surface area contributed by atoms with Crippen LogP contribution in [0, 0.1) is 11.8 Å². The lowest BCUT2D eigenvalue weighted by Gasteiger charge is -2.58. The molecule has 1 aliphatic heterocycles. The van der Waals surface area contributed by atoms with Gasteiger partial charge < -0.3 is 0 Å². The third kappa shape index (κ3) is 2.38. The van der Waals surface area contributed by atoms with Gasteiger partial charge >= 0.3 is 0 Å². The Morgan fingerprint density at radius 3 is 2.50 bits per heavy atom. The maximum Gasteiger partial charge on any atom is 0.0742 e. The minimum Gasteiger partial charge on any atom is -0.295 e. The van der Waals surface area contributed by atoms with Crippen LogP contribution in [0.1, 0.15) is 66.7 Å². The van der Waals surface area contributed by atoms with Crippen molar-refractivity contribution in [2.75, 3.05) is 6.54 Å². The van der Waals surface area contributed by atoms with E-state index in [4.69, 9.17) is 7.85 Å². The lowest BCUT2D eigenvalue weighted by atomic mass is 9.52. The normalized spacial score (nSPS) is 46.1. The predicted molar refractivity (Wildman–Crippen MR) is 80.1 cm³/mol. The second-order valence-corrected chi connectivity index (χ2v) is 7.55. The minimum atomic E-state index is 0.0931. The second kappa shape index (κ2) is 4.85. The standard InChI is InChI=1S/C16H30BN/c1-6-16(5)14-7-9-15(4,17)11-13(14)8-10-18(16)12(2)3/h12-14H,6-11H2,1-5H3. The molecule has 2 heteroatoms. The van der Waals surface area contributed by atoms with Crippen molar-refractivity contribution >= 4 is 7.85 Å². The summed E-state index contributed by atoms with van der Waals surface area (Å²) in [4.78, 5) is 2.76. The number of nitrogens with zero attached hydrogens (tertiary/aromatic N) is 1. The topological polar surface area (TPSA) is 3.24 Å². The third-order valence-corrected chi connectivity index (χ3v) is 5.86. The molecule has 0 N–H and O–H groups in total. The van der Waals surface area contributed by atoms with Gasteiger partial charge in [0, 0.05) is 11.6 Å². The Hall–Kier alpha value is 0.0249. The molecule has 0 aromatic heterocycles. The number of piperidine rings is 1. The van der Waals surface area contributed by atoms with Gasteiger partial charge in [-0.3, -0.25) is 4.90 Å². The van der Waals surface area contributed by atoms with E-state index in [-0.39, 0.29) is 5.31 Å². The Balaban J connectivity index is 2.22. The zero-order valence-corrected chi connectivity index (χ0v) is 13.0. The molecule has 102 valence electrons. The molecule has 0 bridgehead atoms. The summed E-state index contributed by atoms with van der Waals surface area (Å²) < 4.78 is 0. The van der Waals surface area contributed by atoms with Crippen LogP contribution in [0.15, 0.2) is 0 Å². The summed E-state index contributed by atoms with van der Waals surface area (Å²) >= 11 is 0. The van der Waals surface area contributed by atoms with Crippen molar-refractivity contribution in [3.05, 3.63) is 0 Å². The van der Waals surface area contributed by atoms with Crippen molar-refractivity contribution in [1.29, 1.82) is 0 Å². The van der Waals surface area contributed by atoms with E-state index in [0.717, 1.165) is 11.8 Å². The summed E-state index contributed by atoms with van der Waals surface area (Å²) in [6.45, 7) is 13.1. The molecule has 1 aliphatic carbocycles. The van der Waals surface area contributed by atoms with E-state index < -0.39 is 0 Å². The SMILES string of the molecule is [B]C1(C)CCC2C(CCN(C(C)C)C2(C)CC)C1. The number of fused-ring (bicyclic) bond motifs is 1. The van der Waals surface area contributed by atoms with Crippen molar-refractivity contribution in [1.82, 2.24) is 4.90 Å². The lowest BCUT2D eigenvalue weighted by Crippen LogP contribution is -2.61. The van der Waals surface area contributed by atoms with E-state index in [1.54, 1.807) is 0 Å². The van der Waals surface area contributed by atoms with Gasteiger partial charge in [-0.2, -0.15) is 0 Å². The molecule has 2 radical (unpaired) electrons. The van der Waals surface area contributed by atoms with E-state index in [9.17, 15) is 0 Å². The molecule has 0 aromatic carbocycles. The number of rotatable bonds is 2. The van der Waals surface area contributed by atoms with Crippen molar-refractivity contribution in [2.45, 2.75) is 83.6 Å². The Kier molecular flexibility index (Phi) is 3.89. The van der Waals surface area contributed by atoms with Crippen LogP contribution in [0.3, 0.4) is 0 Å². The number of hydrogen-bond donors (Lipinski definition) is 0. The fourth-order valence-electron chi connectivity index (χ4n) is 4.77. The Morgan fingerprint density at radius 1 is 1.28 bits per heavy atom. The molecule has 0 amide bonds. The largest absolute Gasteiger partial charge is 0.295 e. The van der Waals surface area contributed by atoms with E-state index in [0.29, 0.717) is 11.6 Å². The molecule has 1 nitrogen and oxygen atoms in total. The third-order valence-electron chi connectivity index (χ3n) is 5.86. The molecule has 2 rings (SSSR count). The zero-order chi connectivity index (χ0) is 13.6. The summed E-state index contributed by atoms with van der Waals surface area (Å²) in [5.41, 5.74) is 0.396. The van der Waals surface area contributed by atoms with Gasteiger partial charge in [-0.15, -0.1) is 0 Å². The maximum atomic E-state index is 6.40. The first kappa shape index (κ1) is 14.4. The highest BCUT2D eigenvalue weighted by Gasteiger charge is 2.49. The molecule has 2 fully saturated rings. The van der Waals surface area contributed by atoms with Gasteiger partial charge in [0.2, 0.25) is 0 Å². The lowest BCUT2D eigenvalue weighted by molar-refractivity contribution is -0.0695. The summed E-state index contributed by atoms with van der Waals surface area (Å²) in [6, 6.07) is 0.669. The highest BCUT2D eigenvalue weighted by Crippen LogP contribution is 2.54. The number of hydrogen-bond acceptors (Lipinski definition) is 1. The molecule has 2 aliphatic rings. The monoisotopic (exact) mass is 247 g/mol. The molecule has 4 atom stereocenters. The molecular formula is C16H30BN. The highest BCUT2D eigenvalue weighted by atomic mass is 15.2. The van der Waals surface area contributed by atoms with E-state index in [1.165, 1.54) is 38.6 Å². The smallest absolute Gasteiger partial charge is 0.0742 e. The summed E-state index contributed by atoms with van der Waals surface area (Å²) in [5, 5.41) is 0.0931. The van der Waals surface area contributed by atoms with Gasteiger partial charge in [-0.25, -0.2) is 0 Å². The van der Waals surface area contributed by atoms with E-state index in [1.807, 2.05) is 0 Å². The Morgan fingerprint density at radius 2 is 1.94 bits per heavy atom. The van der Waals surface area contributed by atoms with Gasteiger partial charge in [0.1, 0.15) is 0 Å². The minimum absolute atomic E-state index is 0.0931. The van der Waals surface area contributed by atoms with Crippen LogP contribution in [0.2, 0.25) is 5.31 Å². The Bertz CT molecular complexity index is 299. The van der Waals surface area contributed by atoms with Crippen LogP contribution >= 0.6 is 0 Å². The van der Waals surface area contributed by atoms with Gasteiger partial charge in [0.05, 0.1) is 7.85 Å². The van der Waals surface area contributed by atoms with Crippen LogP contribution in [0.4, 0.5) is 0 Å². The van der Waals surface area contributed by atoms with E-state index in [2.05, 4.69) is 39.5 Å². The summed E-state index contributed by atoms with van der Waals surface area (Å²) in [6.07, 6.45) is 6.39. The first-order valence-electron chi connectivity index (χ1n) is 7.86. The average Bonchev–Trinajstić information content (AvgIpc) is 2.27. The Labute approximate surface area is 115 Å². The van der Waals surface area contributed by atoms with Gasteiger partial charge in [-0.1, -0.05) is 32.0 Å². The first-order valence-corrected chi connectivity index (χ1v) is 7.86. The van der Waals surface area contributed by atoms with Gasteiger partial charge in [0.15, 0.2) is 0 Å². The van der Waals surface area contributed by atoms with Crippen LogP contribution in [-0.4, -0.2) is 30.9 Å². The van der Waals surface area contributed by atoms with Crippen LogP contribution in [0.25, 0.3) is 0 Å². The average molecular weight is 247 g/mol. The highest BCUT2D eigenvalue weighted by molar-refractivity contribution is 6.14. The molecule has 1 heterocycles. The molecular weight excluding hydrogens is 217 g/mol. The van der Waals surface area contributed by atoms with Crippen molar-refractivity contribution < 1.29 is 0 Å². The predicted octanol–water partition coefficient (Wildman–Crippen LogP) is 4.03. The maximum absolute atomic E-state index is 6.40. The molecule has 1 saturated heterocycles. The fourth-order valence-corrected chi connectivity index (χ4v) is 4.77. The molecule has 0 spiro atoms. The van der Waals surface area contributed by atoms with Crippen LogP contribution in [0.5, 0.6) is 0 Å². The molecule has 18 heavy (non-hydrogen) atoms. The fraction of sp³-hybridized carbons (Fsp3) is 1.00. The molecule has 4 unspecified atom stereocenters. The van der Waals surface area contributed by atoms with Gasteiger partial charge in [-0.05, 0) is 58.4 Å². The van der Waals surface area contributed by atoms with E-state index >= 15 is 0 Å². The summed E-state index contributed by atoms with van der Waals surface area (Å²) in [7, 11) is 6.40. The molecule has 0 aromatic rings. The summed E-state index contributed by atoms with van der Waals surface area (Å²) in [5.74, 6) is 1.71. The van der Waals surface area contributed by atoms with Crippen LogP contribution in [-0.2, 0) is 0 Å². The van der Waals surface area contributed by atoms with Crippen molar-refractivity contribution in [2.24, 2.45) is 11.8 Å². The van der Waals surface area contributed by atoms with Crippen molar-refractivity contribution in [3.63, 3.8) is 0 Å². The van der Waals surface area contributed by atoms with Gasteiger partial charge in [0.25, 0.3) is 0 Å². The van der Waals surface area contributed by atoms with Crippen LogP contribution < -0.4 is 0 Å². The first-order chi connectivity index (χ1) is 8.30. The number of likely N-dealkylation sites (tertiary alicyclic amines) is 1. The quantitative estimate of drug-likeness (QED) is 0.666. The van der Waals surface area contributed by atoms with Crippen molar-refractivity contribution in [3.8, 4) is 0 Å². The molecule has 1 saturated carbocycles.